The number of nitrogens with zero attached hydrogens (tertiary/aromatic N) is 1. The highest BCUT2D eigenvalue weighted by atomic mass is 15.2. The van der Waals surface area contributed by atoms with Gasteiger partial charge >= 0.3 is 0 Å². The summed E-state index contributed by atoms with van der Waals surface area (Å²) in [6, 6.07) is 0.907. The summed E-state index contributed by atoms with van der Waals surface area (Å²) < 4.78 is 0. The number of hydrogen-bond acceptors (Lipinski definition) is 2. The van der Waals surface area contributed by atoms with Crippen molar-refractivity contribution >= 4 is 0 Å². The van der Waals surface area contributed by atoms with Crippen LogP contribution >= 0.6 is 0 Å². The van der Waals surface area contributed by atoms with Crippen LogP contribution in [0.25, 0.3) is 0 Å². The Balaban J connectivity index is 1.82. The van der Waals surface area contributed by atoms with E-state index in [0.29, 0.717) is 0 Å². The lowest BCUT2D eigenvalue weighted by Gasteiger charge is -2.34. The second-order valence-corrected chi connectivity index (χ2v) is 6.43. The van der Waals surface area contributed by atoms with E-state index in [4.69, 9.17) is 0 Å². The van der Waals surface area contributed by atoms with Crippen LogP contribution in [0.1, 0.15) is 58.8 Å². The highest BCUT2D eigenvalue weighted by Crippen LogP contribution is 2.32. The Bertz CT molecular complexity index is 223. The van der Waals surface area contributed by atoms with Crippen molar-refractivity contribution in [3.05, 3.63) is 0 Å². The minimum Gasteiger partial charge on any atom is -0.317 e. The van der Waals surface area contributed by atoms with Crippen molar-refractivity contribution in [1.29, 1.82) is 0 Å². The molecular formula is C16H32N2. The topological polar surface area (TPSA) is 15.3 Å². The summed E-state index contributed by atoms with van der Waals surface area (Å²) in [4.78, 5) is 2.84. The van der Waals surface area contributed by atoms with Gasteiger partial charge < -0.3 is 10.2 Å². The normalized spacial score (nSPS) is 30.2. The first-order chi connectivity index (χ1) is 8.83. The molecule has 2 unspecified atom stereocenters. The molecule has 2 rings (SSSR count). The predicted octanol–water partition coefficient (Wildman–Crippen LogP) is 3.28. The van der Waals surface area contributed by atoms with E-state index in [9.17, 15) is 0 Å². The molecule has 106 valence electrons. The summed E-state index contributed by atoms with van der Waals surface area (Å²) in [5.74, 6) is 1.97. The van der Waals surface area contributed by atoms with Gasteiger partial charge in [-0.05, 0) is 70.0 Å². The summed E-state index contributed by atoms with van der Waals surface area (Å²) in [6.45, 7) is 9.88. The molecule has 0 aromatic carbocycles. The van der Waals surface area contributed by atoms with Gasteiger partial charge in [0.2, 0.25) is 0 Å². The van der Waals surface area contributed by atoms with E-state index in [-0.39, 0.29) is 0 Å². The summed E-state index contributed by atoms with van der Waals surface area (Å²) >= 11 is 0. The van der Waals surface area contributed by atoms with Gasteiger partial charge in [0, 0.05) is 12.6 Å². The van der Waals surface area contributed by atoms with Crippen molar-refractivity contribution in [2.24, 2.45) is 11.8 Å². The van der Waals surface area contributed by atoms with E-state index in [2.05, 4.69) is 24.1 Å². The molecule has 0 amide bonds. The van der Waals surface area contributed by atoms with Crippen molar-refractivity contribution in [1.82, 2.24) is 10.2 Å². The molecule has 2 heteroatoms. The van der Waals surface area contributed by atoms with Gasteiger partial charge in [-0.25, -0.2) is 0 Å². The van der Waals surface area contributed by atoms with Crippen molar-refractivity contribution < 1.29 is 0 Å². The first-order valence-electron chi connectivity index (χ1n) is 8.28. The Labute approximate surface area is 114 Å². The van der Waals surface area contributed by atoms with Crippen LogP contribution in [0.3, 0.4) is 0 Å². The van der Waals surface area contributed by atoms with E-state index >= 15 is 0 Å². The standard InChI is InChI=1S/C16H32N2/c1-3-11-18(13-15-7-9-17-10-8-15)16-6-5-14(4-2)12-16/h14-17H,3-13H2,1-2H3. The van der Waals surface area contributed by atoms with Gasteiger partial charge in [0.25, 0.3) is 0 Å². The van der Waals surface area contributed by atoms with Gasteiger partial charge in [-0.3, -0.25) is 0 Å². The smallest absolute Gasteiger partial charge is 0.00981 e. The molecule has 1 heterocycles. The summed E-state index contributed by atoms with van der Waals surface area (Å²) in [5.41, 5.74) is 0. The lowest BCUT2D eigenvalue weighted by molar-refractivity contribution is 0.150. The summed E-state index contributed by atoms with van der Waals surface area (Å²) in [5, 5.41) is 3.49. The van der Waals surface area contributed by atoms with Crippen LogP contribution < -0.4 is 5.32 Å². The van der Waals surface area contributed by atoms with Crippen LogP contribution in [0.2, 0.25) is 0 Å². The van der Waals surface area contributed by atoms with E-state index in [1.165, 1.54) is 71.1 Å². The lowest BCUT2D eigenvalue weighted by atomic mass is 9.96. The van der Waals surface area contributed by atoms with Crippen molar-refractivity contribution in [2.75, 3.05) is 26.2 Å². The van der Waals surface area contributed by atoms with E-state index in [1.807, 2.05) is 0 Å². The van der Waals surface area contributed by atoms with Crippen molar-refractivity contribution in [3.63, 3.8) is 0 Å². The molecule has 1 aliphatic carbocycles. The molecule has 1 saturated carbocycles. The molecule has 1 saturated heterocycles. The van der Waals surface area contributed by atoms with Gasteiger partial charge in [0.05, 0.1) is 0 Å². The highest BCUT2D eigenvalue weighted by Gasteiger charge is 2.29. The van der Waals surface area contributed by atoms with Gasteiger partial charge in [0.1, 0.15) is 0 Å². The van der Waals surface area contributed by atoms with Crippen LogP contribution in [0.4, 0.5) is 0 Å². The number of rotatable bonds is 6. The summed E-state index contributed by atoms with van der Waals surface area (Å²) in [7, 11) is 0. The average Bonchev–Trinajstić information content (AvgIpc) is 2.88. The molecule has 18 heavy (non-hydrogen) atoms. The van der Waals surface area contributed by atoms with E-state index < -0.39 is 0 Å². The molecule has 1 aliphatic heterocycles. The Morgan fingerprint density at radius 1 is 1.00 bits per heavy atom. The van der Waals surface area contributed by atoms with Crippen LogP contribution in [-0.2, 0) is 0 Å². The maximum Gasteiger partial charge on any atom is 0.00981 e. The van der Waals surface area contributed by atoms with E-state index in [1.54, 1.807) is 0 Å². The predicted molar refractivity (Wildman–Crippen MR) is 78.9 cm³/mol. The van der Waals surface area contributed by atoms with Crippen molar-refractivity contribution in [2.45, 2.75) is 64.8 Å². The number of piperidine rings is 1. The molecule has 0 spiro atoms. The molecule has 0 bridgehead atoms. The fourth-order valence-corrected chi connectivity index (χ4v) is 3.86. The zero-order valence-electron chi connectivity index (χ0n) is 12.5. The van der Waals surface area contributed by atoms with Gasteiger partial charge in [0.15, 0.2) is 0 Å². The second-order valence-electron chi connectivity index (χ2n) is 6.43. The molecule has 2 nitrogen and oxygen atoms in total. The zero-order valence-corrected chi connectivity index (χ0v) is 12.5. The van der Waals surface area contributed by atoms with Crippen LogP contribution in [-0.4, -0.2) is 37.1 Å². The Morgan fingerprint density at radius 2 is 1.78 bits per heavy atom. The monoisotopic (exact) mass is 252 g/mol. The third-order valence-electron chi connectivity index (χ3n) is 5.07. The van der Waals surface area contributed by atoms with E-state index in [0.717, 1.165) is 17.9 Å². The third kappa shape index (κ3) is 3.96. The molecule has 2 atom stereocenters. The molecule has 1 N–H and O–H groups in total. The number of nitrogens with one attached hydrogen (secondary N) is 1. The fraction of sp³-hybridized carbons (Fsp3) is 1.00. The first kappa shape index (κ1) is 14.3. The molecule has 0 radical (unpaired) electrons. The summed E-state index contributed by atoms with van der Waals surface area (Å²) in [6.07, 6.45) is 9.91. The van der Waals surface area contributed by atoms with Crippen LogP contribution in [0.15, 0.2) is 0 Å². The van der Waals surface area contributed by atoms with Crippen LogP contribution in [0, 0.1) is 11.8 Å². The van der Waals surface area contributed by atoms with Gasteiger partial charge in [-0.1, -0.05) is 20.3 Å². The fourth-order valence-electron chi connectivity index (χ4n) is 3.86. The number of hydrogen-bond donors (Lipinski definition) is 1. The Kier molecular flexibility index (Phi) is 5.97. The highest BCUT2D eigenvalue weighted by molar-refractivity contribution is 4.84. The second kappa shape index (κ2) is 7.49. The third-order valence-corrected chi connectivity index (χ3v) is 5.07. The SMILES string of the molecule is CCCN(CC1CCNCC1)C1CCC(CC)C1. The molecule has 2 aliphatic rings. The minimum atomic E-state index is 0.907. The quantitative estimate of drug-likeness (QED) is 0.780. The molecular weight excluding hydrogens is 220 g/mol. The molecule has 0 aromatic heterocycles. The van der Waals surface area contributed by atoms with Gasteiger partial charge in [-0.15, -0.1) is 0 Å². The molecule has 0 aromatic rings. The van der Waals surface area contributed by atoms with Crippen LogP contribution in [0.5, 0.6) is 0 Å². The first-order valence-corrected chi connectivity index (χ1v) is 8.28. The van der Waals surface area contributed by atoms with Crippen molar-refractivity contribution in [3.8, 4) is 0 Å². The van der Waals surface area contributed by atoms with Gasteiger partial charge in [-0.2, -0.15) is 0 Å². The minimum absolute atomic E-state index is 0.907. The largest absolute Gasteiger partial charge is 0.317 e. The Hall–Kier alpha value is -0.0800. The lowest BCUT2D eigenvalue weighted by Crippen LogP contribution is -2.41. The maximum atomic E-state index is 3.49. The molecule has 2 fully saturated rings. The maximum absolute atomic E-state index is 3.49. The average molecular weight is 252 g/mol. The Morgan fingerprint density at radius 3 is 2.39 bits per heavy atom. The zero-order chi connectivity index (χ0) is 12.8.